The van der Waals surface area contributed by atoms with Crippen molar-refractivity contribution in [3.8, 4) is 0 Å². The van der Waals surface area contributed by atoms with Crippen molar-refractivity contribution >= 4 is 21.5 Å². The number of benzene rings is 2. The van der Waals surface area contributed by atoms with Gasteiger partial charge in [-0.2, -0.15) is 0 Å². The van der Waals surface area contributed by atoms with Crippen LogP contribution in [0.5, 0.6) is 0 Å². The van der Waals surface area contributed by atoms with E-state index in [0.29, 0.717) is 6.61 Å². The Kier molecular flexibility index (Phi) is 4.58. The molecule has 3 aromatic carbocycles. The minimum atomic E-state index is 0.577. The largest absolute Gasteiger partial charge is 0.394 e. The van der Waals surface area contributed by atoms with Gasteiger partial charge in [0.2, 0.25) is 0 Å². The molecule has 0 aliphatic rings. The summed E-state index contributed by atoms with van der Waals surface area (Å²) in [7, 11) is 4.06. The monoisotopic (exact) mass is 306 g/mol. The number of hydrogen-bond acceptors (Lipinski definition) is 3. The lowest BCUT2D eigenvalue weighted by molar-refractivity contribution is 0.117. The number of nitrogens with zero attached hydrogens (tertiary/aromatic N) is 2. The highest BCUT2D eigenvalue weighted by Gasteiger charge is 2.02. The molecular formula is C20H22N2O. The highest BCUT2D eigenvalue weighted by Crippen LogP contribution is 2.16. The van der Waals surface area contributed by atoms with E-state index in [9.17, 15) is 0 Å². The van der Waals surface area contributed by atoms with Crippen molar-refractivity contribution in [3.63, 3.8) is 0 Å². The first-order chi connectivity index (χ1) is 11.1. The predicted octanol–water partition coefficient (Wildman–Crippen LogP) is 3.70. The van der Waals surface area contributed by atoms with Gasteiger partial charge in [-0.15, -0.1) is 0 Å². The molecule has 0 heterocycles. The van der Waals surface area contributed by atoms with Crippen LogP contribution >= 0.6 is 0 Å². The molecule has 3 aromatic rings. The van der Waals surface area contributed by atoms with Crippen LogP contribution in [-0.2, 0) is 4.84 Å². The summed E-state index contributed by atoms with van der Waals surface area (Å²) in [6.07, 6.45) is 0. The lowest BCUT2D eigenvalue weighted by Crippen LogP contribution is -2.17. The second-order valence-corrected chi connectivity index (χ2v) is 6.09. The maximum atomic E-state index is 5.61. The average molecular weight is 306 g/mol. The SMILES string of the molecule is Cc1ccc2ccc3ccccc3/c(=N/OCCN(C)C)c2c1. The molecule has 0 bridgehead atoms. The molecule has 0 saturated heterocycles. The zero-order valence-corrected chi connectivity index (χ0v) is 13.9. The Hall–Kier alpha value is -2.39. The molecular weight excluding hydrogens is 284 g/mol. The first-order valence-corrected chi connectivity index (χ1v) is 7.88. The summed E-state index contributed by atoms with van der Waals surface area (Å²) < 4.78 is 0. The van der Waals surface area contributed by atoms with E-state index in [1.54, 1.807) is 0 Å². The molecule has 0 amide bonds. The van der Waals surface area contributed by atoms with Gasteiger partial charge in [0.1, 0.15) is 12.0 Å². The predicted molar refractivity (Wildman–Crippen MR) is 96.3 cm³/mol. The quantitative estimate of drug-likeness (QED) is 0.542. The number of fused-ring (bicyclic) bond motifs is 2. The van der Waals surface area contributed by atoms with Crippen molar-refractivity contribution in [3.05, 3.63) is 65.5 Å². The Morgan fingerprint density at radius 3 is 2.39 bits per heavy atom. The van der Waals surface area contributed by atoms with Crippen molar-refractivity contribution < 1.29 is 4.84 Å². The van der Waals surface area contributed by atoms with Gasteiger partial charge in [0.25, 0.3) is 0 Å². The molecule has 0 saturated carbocycles. The highest BCUT2D eigenvalue weighted by molar-refractivity contribution is 5.93. The second kappa shape index (κ2) is 6.80. The van der Waals surface area contributed by atoms with Crippen LogP contribution in [0.4, 0.5) is 0 Å². The van der Waals surface area contributed by atoms with E-state index in [0.717, 1.165) is 28.1 Å². The Balaban J connectivity index is 2.24. The molecule has 3 nitrogen and oxygen atoms in total. The lowest BCUT2D eigenvalue weighted by atomic mass is 10.1. The van der Waals surface area contributed by atoms with Gasteiger partial charge in [0.15, 0.2) is 0 Å². The maximum absolute atomic E-state index is 5.61. The molecule has 0 aliphatic carbocycles. The lowest BCUT2D eigenvalue weighted by Gasteiger charge is -2.07. The van der Waals surface area contributed by atoms with Crippen LogP contribution in [0, 0.1) is 6.92 Å². The van der Waals surface area contributed by atoms with Crippen molar-refractivity contribution in [1.29, 1.82) is 0 Å². The van der Waals surface area contributed by atoms with Crippen molar-refractivity contribution in [1.82, 2.24) is 4.90 Å². The number of rotatable bonds is 4. The molecule has 3 heteroatoms. The van der Waals surface area contributed by atoms with Gasteiger partial charge in [-0.3, -0.25) is 0 Å². The molecule has 3 rings (SSSR count). The van der Waals surface area contributed by atoms with E-state index in [1.807, 2.05) is 20.2 Å². The maximum Gasteiger partial charge on any atom is 0.129 e. The van der Waals surface area contributed by atoms with Gasteiger partial charge in [0, 0.05) is 17.3 Å². The first-order valence-electron chi connectivity index (χ1n) is 7.88. The van der Waals surface area contributed by atoms with E-state index in [1.165, 1.54) is 10.9 Å². The minimum Gasteiger partial charge on any atom is -0.394 e. The normalized spacial score (nSPS) is 12.3. The Morgan fingerprint density at radius 2 is 1.61 bits per heavy atom. The fraction of sp³-hybridized carbons (Fsp3) is 0.250. The van der Waals surface area contributed by atoms with Crippen molar-refractivity contribution in [2.45, 2.75) is 6.92 Å². The summed E-state index contributed by atoms with van der Waals surface area (Å²) in [6, 6.07) is 19.0. The van der Waals surface area contributed by atoms with E-state index in [-0.39, 0.29) is 0 Å². The molecule has 23 heavy (non-hydrogen) atoms. The molecule has 0 unspecified atom stereocenters. The Labute approximate surface area is 136 Å². The minimum absolute atomic E-state index is 0.577. The van der Waals surface area contributed by atoms with Crippen LogP contribution in [-0.4, -0.2) is 32.1 Å². The van der Waals surface area contributed by atoms with Gasteiger partial charge in [-0.1, -0.05) is 59.3 Å². The van der Waals surface area contributed by atoms with E-state index < -0.39 is 0 Å². The number of aryl methyl sites for hydroxylation is 1. The highest BCUT2D eigenvalue weighted by atomic mass is 16.6. The molecule has 0 fully saturated rings. The standard InChI is InChI=1S/C20H22N2O/c1-15-8-9-17-11-10-16-6-4-5-7-18(16)20(19(17)14-15)21-23-13-12-22(2)3/h4-11,14H,12-13H2,1-3H3/b21-20-. The molecule has 0 N–H and O–H groups in total. The molecule has 0 radical (unpaired) electrons. The summed E-state index contributed by atoms with van der Waals surface area (Å²) in [5.74, 6) is 0. The van der Waals surface area contributed by atoms with Gasteiger partial charge >= 0.3 is 0 Å². The smallest absolute Gasteiger partial charge is 0.129 e. The van der Waals surface area contributed by atoms with Crippen LogP contribution in [0.25, 0.3) is 21.5 Å². The Morgan fingerprint density at radius 1 is 0.913 bits per heavy atom. The molecule has 0 atom stereocenters. The van der Waals surface area contributed by atoms with Gasteiger partial charge in [-0.05, 0) is 37.9 Å². The fourth-order valence-corrected chi connectivity index (χ4v) is 2.64. The van der Waals surface area contributed by atoms with Crippen molar-refractivity contribution in [2.75, 3.05) is 27.2 Å². The molecule has 0 spiro atoms. The zero-order chi connectivity index (χ0) is 16.2. The average Bonchev–Trinajstić information content (AvgIpc) is 2.68. The third kappa shape index (κ3) is 3.51. The van der Waals surface area contributed by atoms with Gasteiger partial charge < -0.3 is 9.74 Å². The van der Waals surface area contributed by atoms with Crippen LogP contribution in [0.2, 0.25) is 0 Å². The van der Waals surface area contributed by atoms with E-state index in [4.69, 9.17) is 4.84 Å². The molecule has 0 aromatic heterocycles. The summed E-state index contributed by atoms with van der Waals surface area (Å²) in [5, 5.41) is 9.96. The summed E-state index contributed by atoms with van der Waals surface area (Å²) >= 11 is 0. The van der Waals surface area contributed by atoms with E-state index in [2.05, 4.69) is 65.5 Å². The van der Waals surface area contributed by atoms with Crippen molar-refractivity contribution in [2.24, 2.45) is 5.16 Å². The van der Waals surface area contributed by atoms with Gasteiger partial charge in [-0.25, -0.2) is 0 Å². The van der Waals surface area contributed by atoms with Crippen LogP contribution < -0.4 is 5.36 Å². The summed E-state index contributed by atoms with van der Waals surface area (Å²) in [5.41, 5.74) is 1.22. The van der Waals surface area contributed by atoms with E-state index >= 15 is 0 Å². The Bertz CT molecular complexity index is 900. The van der Waals surface area contributed by atoms with Crippen LogP contribution in [0.3, 0.4) is 0 Å². The van der Waals surface area contributed by atoms with Crippen LogP contribution in [0.1, 0.15) is 5.56 Å². The zero-order valence-electron chi connectivity index (χ0n) is 13.9. The topological polar surface area (TPSA) is 24.8 Å². The number of hydrogen-bond donors (Lipinski definition) is 0. The summed E-state index contributed by atoms with van der Waals surface area (Å²) in [4.78, 5) is 7.70. The third-order valence-corrected chi connectivity index (χ3v) is 3.91. The fourth-order valence-electron chi connectivity index (χ4n) is 2.64. The molecule has 118 valence electrons. The summed E-state index contributed by atoms with van der Waals surface area (Å²) in [6.45, 7) is 3.52. The molecule has 0 aliphatic heterocycles. The second-order valence-electron chi connectivity index (χ2n) is 6.09. The number of likely N-dealkylation sites (N-methyl/N-ethyl adjacent to an activating group) is 1. The first kappa shape index (κ1) is 15.5. The van der Waals surface area contributed by atoms with Gasteiger partial charge in [0.05, 0.1) is 0 Å². The third-order valence-electron chi connectivity index (χ3n) is 3.91. The van der Waals surface area contributed by atoms with Crippen LogP contribution in [0.15, 0.2) is 59.8 Å².